The van der Waals surface area contributed by atoms with E-state index in [2.05, 4.69) is 5.10 Å². The highest BCUT2D eigenvalue weighted by atomic mass is 16.6. The number of rotatable bonds is 2. The number of aryl methyl sites for hydroxylation is 1. The standard InChI is InChI=1S/C16H25N3O4/c1-11-13(14(20)22-5)10-19(17-11)12-7-6-8-18(9-12)15(21)23-16(2,3)4/h10,12H,6-9H2,1-5H3. The number of piperidine rings is 1. The first-order valence-electron chi connectivity index (χ1n) is 7.83. The maximum Gasteiger partial charge on any atom is 0.410 e. The Labute approximate surface area is 136 Å². The third-order valence-corrected chi connectivity index (χ3v) is 3.74. The van der Waals surface area contributed by atoms with E-state index < -0.39 is 11.6 Å². The Kier molecular flexibility index (Phi) is 4.97. The van der Waals surface area contributed by atoms with Gasteiger partial charge in [0.1, 0.15) is 11.2 Å². The molecule has 0 aromatic carbocycles. The monoisotopic (exact) mass is 323 g/mol. The molecule has 0 spiro atoms. The van der Waals surface area contributed by atoms with Gasteiger partial charge in [-0.2, -0.15) is 5.10 Å². The van der Waals surface area contributed by atoms with Crippen LogP contribution in [0.3, 0.4) is 0 Å². The summed E-state index contributed by atoms with van der Waals surface area (Å²) in [6.07, 6.45) is 3.17. The minimum absolute atomic E-state index is 0.0355. The van der Waals surface area contributed by atoms with Gasteiger partial charge in [0.15, 0.2) is 0 Å². The van der Waals surface area contributed by atoms with Crippen molar-refractivity contribution in [2.24, 2.45) is 0 Å². The largest absolute Gasteiger partial charge is 0.465 e. The van der Waals surface area contributed by atoms with Gasteiger partial charge in [0.05, 0.1) is 18.8 Å². The predicted octanol–water partition coefficient (Wildman–Crippen LogP) is 2.55. The smallest absolute Gasteiger partial charge is 0.410 e. The Morgan fingerprint density at radius 3 is 2.65 bits per heavy atom. The molecule has 0 saturated carbocycles. The average Bonchev–Trinajstić information content (AvgIpc) is 2.87. The van der Waals surface area contributed by atoms with Crippen molar-refractivity contribution in [1.82, 2.24) is 14.7 Å². The Morgan fingerprint density at radius 1 is 1.35 bits per heavy atom. The number of esters is 1. The second-order valence-electron chi connectivity index (χ2n) is 6.82. The van der Waals surface area contributed by atoms with Crippen molar-refractivity contribution < 1.29 is 19.1 Å². The third-order valence-electron chi connectivity index (χ3n) is 3.74. The Bertz CT molecular complexity index is 589. The lowest BCUT2D eigenvalue weighted by molar-refractivity contribution is 0.0167. The number of carbonyl (C=O) groups excluding carboxylic acids is 2. The molecule has 7 heteroatoms. The van der Waals surface area contributed by atoms with Gasteiger partial charge in [-0.3, -0.25) is 4.68 Å². The first-order valence-corrected chi connectivity index (χ1v) is 7.83. The van der Waals surface area contributed by atoms with Crippen LogP contribution in [0.15, 0.2) is 6.20 Å². The minimum Gasteiger partial charge on any atom is -0.465 e. The van der Waals surface area contributed by atoms with Crippen molar-refractivity contribution in [3.05, 3.63) is 17.5 Å². The molecular weight excluding hydrogens is 298 g/mol. The second-order valence-corrected chi connectivity index (χ2v) is 6.82. The summed E-state index contributed by atoms with van der Waals surface area (Å²) < 4.78 is 11.9. The molecule has 128 valence electrons. The topological polar surface area (TPSA) is 73.7 Å². The van der Waals surface area contributed by atoms with Crippen LogP contribution >= 0.6 is 0 Å². The molecule has 1 unspecified atom stereocenters. The summed E-state index contributed by atoms with van der Waals surface area (Å²) in [5.74, 6) is -0.395. The molecule has 2 rings (SSSR count). The first kappa shape index (κ1) is 17.3. The van der Waals surface area contributed by atoms with E-state index in [1.165, 1.54) is 7.11 Å². The van der Waals surface area contributed by atoms with Crippen LogP contribution in [-0.4, -0.2) is 52.5 Å². The van der Waals surface area contributed by atoms with Crippen LogP contribution in [0, 0.1) is 6.92 Å². The zero-order valence-electron chi connectivity index (χ0n) is 14.5. The summed E-state index contributed by atoms with van der Waals surface area (Å²) in [5.41, 5.74) is 0.581. The lowest BCUT2D eigenvalue weighted by Gasteiger charge is -2.34. The molecule has 23 heavy (non-hydrogen) atoms. The number of amides is 1. The number of likely N-dealkylation sites (tertiary alicyclic amines) is 1. The maximum atomic E-state index is 12.2. The molecule has 1 aromatic rings. The molecule has 1 atom stereocenters. The van der Waals surface area contributed by atoms with Crippen molar-refractivity contribution in [2.75, 3.05) is 20.2 Å². The predicted molar refractivity (Wildman–Crippen MR) is 84.4 cm³/mol. The molecule has 1 aliphatic rings. The van der Waals surface area contributed by atoms with Crippen molar-refractivity contribution in [2.45, 2.75) is 52.2 Å². The highest BCUT2D eigenvalue weighted by molar-refractivity contribution is 5.90. The van der Waals surface area contributed by atoms with Crippen LogP contribution in [0.2, 0.25) is 0 Å². The number of carbonyl (C=O) groups is 2. The van der Waals surface area contributed by atoms with Crippen molar-refractivity contribution in [1.29, 1.82) is 0 Å². The molecule has 0 radical (unpaired) electrons. The molecule has 2 heterocycles. The fourth-order valence-corrected chi connectivity index (χ4v) is 2.64. The van der Waals surface area contributed by atoms with Crippen LogP contribution < -0.4 is 0 Å². The number of hydrogen-bond acceptors (Lipinski definition) is 5. The van der Waals surface area contributed by atoms with Crippen molar-refractivity contribution in [3.8, 4) is 0 Å². The molecule has 7 nitrogen and oxygen atoms in total. The van der Waals surface area contributed by atoms with Crippen molar-refractivity contribution >= 4 is 12.1 Å². The summed E-state index contributed by atoms with van der Waals surface area (Å²) >= 11 is 0. The van der Waals surface area contributed by atoms with E-state index in [1.807, 2.05) is 20.8 Å². The lowest BCUT2D eigenvalue weighted by atomic mass is 10.1. The zero-order chi connectivity index (χ0) is 17.2. The molecule has 1 saturated heterocycles. The molecule has 0 bridgehead atoms. The second kappa shape index (κ2) is 6.60. The maximum absolute atomic E-state index is 12.2. The number of hydrogen-bond donors (Lipinski definition) is 0. The summed E-state index contributed by atoms with van der Waals surface area (Å²) in [6.45, 7) is 8.53. The molecule has 1 aliphatic heterocycles. The molecule has 0 aliphatic carbocycles. The quantitative estimate of drug-likeness (QED) is 0.782. The van der Waals surface area contributed by atoms with Gasteiger partial charge in [-0.05, 0) is 40.5 Å². The summed E-state index contributed by atoms with van der Waals surface area (Å²) in [4.78, 5) is 25.6. The van der Waals surface area contributed by atoms with E-state index in [-0.39, 0.29) is 12.1 Å². The number of ether oxygens (including phenoxy) is 2. The molecule has 0 N–H and O–H groups in total. The first-order chi connectivity index (χ1) is 10.7. The Morgan fingerprint density at radius 2 is 2.04 bits per heavy atom. The summed E-state index contributed by atoms with van der Waals surface area (Å²) in [6, 6.07) is 0.0355. The molecular formula is C16H25N3O4. The van der Waals surface area contributed by atoms with Crippen LogP contribution in [0.5, 0.6) is 0 Å². The molecule has 1 amide bonds. The SMILES string of the molecule is COC(=O)c1cn(C2CCCN(C(=O)OC(C)(C)C)C2)nc1C. The molecule has 1 aromatic heterocycles. The Balaban J connectivity index is 2.09. The van der Waals surface area contributed by atoms with Crippen LogP contribution in [0.25, 0.3) is 0 Å². The normalized spacial score (nSPS) is 18.7. The molecule has 1 fully saturated rings. The van der Waals surface area contributed by atoms with E-state index in [4.69, 9.17) is 9.47 Å². The van der Waals surface area contributed by atoms with Gasteiger partial charge in [0.2, 0.25) is 0 Å². The average molecular weight is 323 g/mol. The van der Waals surface area contributed by atoms with Gasteiger partial charge in [0.25, 0.3) is 0 Å². The fourth-order valence-electron chi connectivity index (χ4n) is 2.64. The summed E-state index contributed by atoms with van der Waals surface area (Å²) in [7, 11) is 1.35. The number of nitrogens with zero attached hydrogens (tertiary/aromatic N) is 3. The van der Waals surface area contributed by atoms with Crippen LogP contribution in [0.1, 0.15) is 55.7 Å². The van der Waals surface area contributed by atoms with Gasteiger partial charge in [-0.1, -0.05) is 0 Å². The van der Waals surface area contributed by atoms with Gasteiger partial charge in [-0.15, -0.1) is 0 Å². The van der Waals surface area contributed by atoms with E-state index in [9.17, 15) is 9.59 Å². The van der Waals surface area contributed by atoms with Gasteiger partial charge in [0, 0.05) is 19.3 Å². The van der Waals surface area contributed by atoms with Gasteiger partial charge >= 0.3 is 12.1 Å². The van der Waals surface area contributed by atoms with E-state index in [1.54, 1.807) is 22.7 Å². The number of aromatic nitrogens is 2. The lowest BCUT2D eigenvalue weighted by Crippen LogP contribution is -2.43. The summed E-state index contributed by atoms with van der Waals surface area (Å²) in [5, 5.41) is 4.41. The minimum atomic E-state index is -0.510. The fraction of sp³-hybridized carbons (Fsp3) is 0.688. The number of methoxy groups -OCH3 is 1. The van der Waals surface area contributed by atoms with E-state index >= 15 is 0 Å². The zero-order valence-corrected chi connectivity index (χ0v) is 14.5. The van der Waals surface area contributed by atoms with Crippen LogP contribution in [0.4, 0.5) is 4.79 Å². The van der Waals surface area contributed by atoms with Crippen molar-refractivity contribution in [3.63, 3.8) is 0 Å². The van der Waals surface area contributed by atoms with Gasteiger partial charge in [-0.25, -0.2) is 9.59 Å². The van der Waals surface area contributed by atoms with E-state index in [0.717, 1.165) is 12.8 Å². The van der Waals surface area contributed by atoms with E-state index in [0.29, 0.717) is 24.3 Å². The van der Waals surface area contributed by atoms with Gasteiger partial charge < -0.3 is 14.4 Å². The van der Waals surface area contributed by atoms with Crippen LogP contribution in [-0.2, 0) is 9.47 Å². The highest BCUT2D eigenvalue weighted by Gasteiger charge is 2.29. The highest BCUT2D eigenvalue weighted by Crippen LogP contribution is 2.24. The Hall–Kier alpha value is -2.05. The third kappa shape index (κ3) is 4.24.